The SMILES string of the molecule is C1COCCN1.C=CC(=O)N1CCOCC1.C=CC(=O)O. The molecule has 0 aromatic heterocycles. The fourth-order valence-corrected chi connectivity index (χ4v) is 1.43. The van der Waals surface area contributed by atoms with Crippen LogP contribution >= 0.6 is 0 Å². The highest BCUT2D eigenvalue weighted by molar-refractivity contribution is 5.87. The van der Waals surface area contributed by atoms with Gasteiger partial charge in [-0.1, -0.05) is 13.2 Å². The van der Waals surface area contributed by atoms with Crippen LogP contribution in [0.3, 0.4) is 0 Å². The van der Waals surface area contributed by atoms with Gasteiger partial charge in [-0.05, 0) is 6.08 Å². The van der Waals surface area contributed by atoms with E-state index in [0.29, 0.717) is 26.3 Å². The van der Waals surface area contributed by atoms with Crippen LogP contribution in [0, 0.1) is 0 Å². The molecule has 2 saturated heterocycles. The number of hydrogen-bond donors (Lipinski definition) is 2. The van der Waals surface area contributed by atoms with Crippen molar-refractivity contribution in [1.29, 1.82) is 0 Å². The van der Waals surface area contributed by atoms with Crippen LogP contribution in [0.25, 0.3) is 0 Å². The van der Waals surface area contributed by atoms with E-state index in [0.717, 1.165) is 32.4 Å². The Balaban J connectivity index is 0.000000312. The van der Waals surface area contributed by atoms with Gasteiger partial charge in [0.15, 0.2) is 0 Å². The van der Waals surface area contributed by atoms with Crippen LogP contribution in [0.4, 0.5) is 0 Å². The summed E-state index contributed by atoms with van der Waals surface area (Å²) >= 11 is 0. The molecule has 2 aliphatic rings. The molecule has 120 valence electrons. The smallest absolute Gasteiger partial charge is 0.327 e. The highest BCUT2D eigenvalue weighted by atomic mass is 16.5. The normalized spacial score (nSPS) is 17.2. The van der Waals surface area contributed by atoms with Gasteiger partial charge in [0.2, 0.25) is 5.91 Å². The summed E-state index contributed by atoms with van der Waals surface area (Å²) < 4.78 is 10.1. The largest absolute Gasteiger partial charge is 0.478 e. The van der Waals surface area contributed by atoms with Gasteiger partial charge in [-0.3, -0.25) is 4.79 Å². The molecule has 2 aliphatic heterocycles. The van der Waals surface area contributed by atoms with Crippen molar-refractivity contribution in [3.8, 4) is 0 Å². The summed E-state index contributed by atoms with van der Waals surface area (Å²) in [6.45, 7) is 12.9. The number of rotatable bonds is 2. The van der Waals surface area contributed by atoms with E-state index in [4.69, 9.17) is 14.6 Å². The zero-order valence-corrected chi connectivity index (χ0v) is 12.3. The van der Waals surface area contributed by atoms with Crippen molar-refractivity contribution in [3.63, 3.8) is 0 Å². The summed E-state index contributed by atoms with van der Waals surface area (Å²) in [6.07, 6.45) is 2.17. The van der Waals surface area contributed by atoms with Gasteiger partial charge in [-0.25, -0.2) is 4.79 Å². The number of carbonyl (C=O) groups excluding carboxylic acids is 1. The van der Waals surface area contributed by atoms with Crippen molar-refractivity contribution in [1.82, 2.24) is 10.2 Å². The van der Waals surface area contributed by atoms with Crippen molar-refractivity contribution in [3.05, 3.63) is 25.3 Å². The number of morpholine rings is 2. The molecule has 2 heterocycles. The van der Waals surface area contributed by atoms with E-state index in [9.17, 15) is 9.59 Å². The van der Waals surface area contributed by atoms with Gasteiger partial charge in [0.1, 0.15) is 0 Å². The molecule has 0 saturated carbocycles. The highest BCUT2D eigenvalue weighted by Gasteiger charge is 2.12. The van der Waals surface area contributed by atoms with E-state index in [2.05, 4.69) is 18.5 Å². The molecule has 7 nitrogen and oxygen atoms in total. The van der Waals surface area contributed by atoms with Gasteiger partial charge in [0.25, 0.3) is 0 Å². The van der Waals surface area contributed by atoms with Crippen molar-refractivity contribution >= 4 is 11.9 Å². The quantitative estimate of drug-likeness (QED) is 0.692. The molecule has 0 spiro atoms. The van der Waals surface area contributed by atoms with Gasteiger partial charge < -0.3 is 24.8 Å². The molecule has 2 N–H and O–H groups in total. The van der Waals surface area contributed by atoms with E-state index in [1.165, 1.54) is 6.08 Å². The van der Waals surface area contributed by atoms with Crippen molar-refractivity contribution in [2.45, 2.75) is 0 Å². The summed E-state index contributed by atoms with van der Waals surface area (Å²) in [7, 11) is 0. The standard InChI is InChI=1S/C7H11NO2.C4H9NO.C3H4O2/c1-2-7(9)8-3-5-10-6-4-8;1-3-6-4-2-5-1;1-2-3(4)5/h2H,1,3-6H2;5H,1-4H2;2H,1H2,(H,4,5). The van der Waals surface area contributed by atoms with Crippen molar-refractivity contribution < 1.29 is 24.2 Å². The summed E-state index contributed by atoms with van der Waals surface area (Å²) in [5.74, 6) is -0.978. The fourth-order valence-electron chi connectivity index (χ4n) is 1.43. The monoisotopic (exact) mass is 300 g/mol. The maximum absolute atomic E-state index is 10.9. The van der Waals surface area contributed by atoms with Crippen LogP contribution in [0.5, 0.6) is 0 Å². The Kier molecular flexibility index (Phi) is 12.2. The lowest BCUT2D eigenvalue weighted by Gasteiger charge is -2.25. The van der Waals surface area contributed by atoms with Gasteiger partial charge in [-0.2, -0.15) is 0 Å². The lowest BCUT2D eigenvalue weighted by atomic mass is 10.4. The molecule has 1 amide bonds. The minimum Gasteiger partial charge on any atom is -0.478 e. The number of ether oxygens (including phenoxy) is 2. The third kappa shape index (κ3) is 11.8. The fraction of sp³-hybridized carbons (Fsp3) is 0.571. The number of hydrogen-bond acceptors (Lipinski definition) is 5. The summed E-state index contributed by atoms with van der Waals surface area (Å²) in [5.41, 5.74) is 0. The summed E-state index contributed by atoms with van der Waals surface area (Å²) in [4.78, 5) is 21.9. The number of carboxylic acids is 1. The minimum atomic E-state index is -0.981. The first-order valence-corrected chi connectivity index (χ1v) is 6.74. The second-order valence-electron chi connectivity index (χ2n) is 4.05. The molecule has 0 aliphatic carbocycles. The molecule has 2 rings (SSSR count). The summed E-state index contributed by atoms with van der Waals surface area (Å²) in [5, 5.41) is 10.8. The Bertz CT molecular complexity index is 312. The Hall–Kier alpha value is -1.70. The van der Waals surface area contributed by atoms with Crippen molar-refractivity contribution in [2.75, 3.05) is 52.6 Å². The van der Waals surface area contributed by atoms with Crippen LogP contribution in [-0.4, -0.2) is 74.5 Å². The Morgan fingerprint density at radius 3 is 1.76 bits per heavy atom. The maximum Gasteiger partial charge on any atom is 0.327 e. The van der Waals surface area contributed by atoms with Gasteiger partial charge >= 0.3 is 5.97 Å². The van der Waals surface area contributed by atoms with Gasteiger partial charge in [0, 0.05) is 32.3 Å². The lowest BCUT2D eigenvalue weighted by molar-refractivity contribution is -0.131. The molecule has 7 heteroatoms. The van der Waals surface area contributed by atoms with Crippen LogP contribution in [0.1, 0.15) is 0 Å². The number of nitrogens with zero attached hydrogens (tertiary/aromatic N) is 1. The molecular weight excluding hydrogens is 276 g/mol. The van der Waals surface area contributed by atoms with Crippen LogP contribution < -0.4 is 5.32 Å². The first kappa shape index (κ1) is 19.3. The van der Waals surface area contributed by atoms with Crippen molar-refractivity contribution in [2.24, 2.45) is 0 Å². The van der Waals surface area contributed by atoms with E-state index in [1.807, 2.05) is 0 Å². The lowest BCUT2D eigenvalue weighted by Crippen LogP contribution is -2.39. The second-order valence-corrected chi connectivity index (χ2v) is 4.05. The number of aliphatic carboxylic acids is 1. The topological polar surface area (TPSA) is 88.1 Å². The third-order valence-corrected chi connectivity index (χ3v) is 2.52. The number of amides is 1. The zero-order chi connectivity index (χ0) is 15.9. The maximum atomic E-state index is 10.9. The first-order valence-electron chi connectivity index (χ1n) is 6.74. The molecule has 0 bridgehead atoms. The van der Waals surface area contributed by atoms with E-state index in [1.54, 1.807) is 4.90 Å². The predicted octanol–water partition coefficient (Wildman–Crippen LogP) is -0.106. The molecular formula is C14H24N2O5. The van der Waals surface area contributed by atoms with Crippen LogP contribution in [-0.2, 0) is 19.1 Å². The molecule has 0 aromatic rings. The predicted molar refractivity (Wildman–Crippen MR) is 79.1 cm³/mol. The third-order valence-electron chi connectivity index (χ3n) is 2.52. The van der Waals surface area contributed by atoms with E-state index in [-0.39, 0.29) is 5.91 Å². The van der Waals surface area contributed by atoms with E-state index < -0.39 is 5.97 Å². The average Bonchev–Trinajstić information content (AvgIpc) is 2.57. The Labute approximate surface area is 125 Å². The highest BCUT2D eigenvalue weighted by Crippen LogP contribution is 1.96. The Morgan fingerprint density at radius 1 is 1.00 bits per heavy atom. The zero-order valence-electron chi connectivity index (χ0n) is 12.3. The Morgan fingerprint density at radius 2 is 1.48 bits per heavy atom. The first-order chi connectivity index (χ1) is 10.1. The van der Waals surface area contributed by atoms with Crippen LogP contribution in [0.2, 0.25) is 0 Å². The second kappa shape index (κ2) is 13.3. The van der Waals surface area contributed by atoms with Crippen LogP contribution in [0.15, 0.2) is 25.3 Å². The summed E-state index contributed by atoms with van der Waals surface area (Å²) in [6, 6.07) is 0. The number of carboxylic acid groups (broad SMARTS) is 1. The molecule has 0 atom stereocenters. The van der Waals surface area contributed by atoms with Gasteiger partial charge in [0.05, 0.1) is 26.4 Å². The molecule has 2 fully saturated rings. The molecule has 0 aromatic carbocycles. The van der Waals surface area contributed by atoms with Gasteiger partial charge in [-0.15, -0.1) is 0 Å². The average molecular weight is 300 g/mol. The minimum absolute atomic E-state index is 0.00306. The number of carbonyl (C=O) groups is 2. The molecule has 0 radical (unpaired) electrons. The van der Waals surface area contributed by atoms with E-state index >= 15 is 0 Å². The molecule has 0 unspecified atom stereocenters. The number of nitrogens with one attached hydrogen (secondary N) is 1. The molecule has 21 heavy (non-hydrogen) atoms.